The van der Waals surface area contributed by atoms with Gasteiger partial charge in [-0.15, -0.1) is 0 Å². The number of aromatic nitrogens is 2. The molecule has 0 aliphatic carbocycles. The molecule has 150 valence electrons. The Morgan fingerprint density at radius 1 is 1.10 bits per heavy atom. The summed E-state index contributed by atoms with van der Waals surface area (Å²) in [6.07, 6.45) is 1.42. The molecule has 0 spiro atoms. The molecule has 1 amide bonds. The van der Waals surface area contributed by atoms with Crippen LogP contribution in [0.5, 0.6) is 0 Å². The van der Waals surface area contributed by atoms with Crippen molar-refractivity contribution in [3.63, 3.8) is 0 Å². The SMILES string of the molecule is CC(NC(=O)c1ccc(N)nc1)c1cc2cccc(Cl)c2c(=O)n1-c1ccccc1. The van der Waals surface area contributed by atoms with Gasteiger partial charge in [-0.3, -0.25) is 14.2 Å². The highest BCUT2D eigenvalue weighted by atomic mass is 35.5. The number of amides is 1. The fraction of sp³-hybridized carbons (Fsp3) is 0.0870. The fourth-order valence-corrected chi connectivity index (χ4v) is 3.66. The third-order valence-electron chi connectivity index (χ3n) is 4.88. The zero-order valence-corrected chi connectivity index (χ0v) is 16.9. The normalized spacial score (nSPS) is 11.9. The highest BCUT2D eigenvalue weighted by Gasteiger charge is 2.19. The van der Waals surface area contributed by atoms with Crippen molar-refractivity contribution in [2.75, 3.05) is 5.73 Å². The van der Waals surface area contributed by atoms with Crippen LogP contribution in [0.15, 0.2) is 77.7 Å². The third kappa shape index (κ3) is 3.65. The molecule has 0 aliphatic rings. The molecule has 0 saturated carbocycles. The topological polar surface area (TPSA) is 90.0 Å². The Morgan fingerprint density at radius 3 is 2.57 bits per heavy atom. The number of pyridine rings is 2. The van der Waals surface area contributed by atoms with Crippen LogP contribution >= 0.6 is 11.6 Å². The van der Waals surface area contributed by atoms with E-state index in [2.05, 4.69) is 10.3 Å². The lowest BCUT2D eigenvalue weighted by atomic mass is 10.1. The highest BCUT2D eigenvalue weighted by molar-refractivity contribution is 6.35. The number of rotatable bonds is 4. The predicted octanol–water partition coefficient (Wildman–Crippen LogP) is 4.11. The van der Waals surface area contributed by atoms with Gasteiger partial charge in [0.1, 0.15) is 5.82 Å². The standard InChI is InChI=1S/C23H19ClN4O2/c1-14(27-22(29)16-10-11-20(25)26-13-16)19-12-15-6-5-9-18(24)21(15)23(30)28(19)17-7-3-2-4-8-17/h2-14H,1H3,(H2,25,26)(H,27,29). The second kappa shape index (κ2) is 8.00. The van der Waals surface area contributed by atoms with Crippen LogP contribution < -0.4 is 16.6 Å². The van der Waals surface area contributed by atoms with Crippen LogP contribution in [0.1, 0.15) is 29.0 Å². The lowest BCUT2D eigenvalue weighted by Gasteiger charge is -2.21. The first kappa shape index (κ1) is 19.7. The summed E-state index contributed by atoms with van der Waals surface area (Å²) in [6, 6.07) is 19.2. The van der Waals surface area contributed by atoms with Gasteiger partial charge in [0.15, 0.2) is 0 Å². The summed E-state index contributed by atoms with van der Waals surface area (Å²) in [5.74, 6) is 0.0252. The van der Waals surface area contributed by atoms with E-state index in [1.54, 1.807) is 28.8 Å². The van der Waals surface area contributed by atoms with Crippen molar-refractivity contribution >= 4 is 34.1 Å². The van der Waals surface area contributed by atoms with E-state index in [1.165, 1.54) is 6.20 Å². The van der Waals surface area contributed by atoms with Crippen molar-refractivity contribution in [2.45, 2.75) is 13.0 Å². The number of benzene rings is 2. The number of para-hydroxylation sites is 1. The minimum absolute atomic E-state index is 0.241. The van der Waals surface area contributed by atoms with Crippen molar-refractivity contribution in [1.29, 1.82) is 0 Å². The van der Waals surface area contributed by atoms with Gasteiger partial charge in [-0.2, -0.15) is 0 Å². The number of nitrogens with zero attached hydrogens (tertiary/aromatic N) is 2. The zero-order valence-electron chi connectivity index (χ0n) is 16.2. The molecular formula is C23H19ClN4O2. The minimum atomic E-state index is -0.466. The molecule has 2 aromatic heterocycles. The van der Waals surface area contributed by atoms with Gasteiger partial charge in [0.05, 0.1) is 22.0 Å². The van der Waals surface area contributed by atoms with E-state index in [0.717, 1.165) is 0 Å². The number of anilines is 1. The number of nitrogen functional groups attached to an aromatic ring is 1. The average molecular weight is 419 g/mol. The average Bonchev–Trinajstić information content (AvgIpc) is 2.74. The number of carbonyl (C=O) groups is 1. The first-order valence-corrected chi connectivity index (χ1v) is 9.75. The molecule has 1 atom stereocenters. The monoisotopic (exact) mass is 418 g/mol. The molecular weight excluding hydrogens is 400 g/mol. The van der Waals surface area contributed by atoms with Gasteiger partial charge in [0, 0.05) is 17.6 Å². The molecule has 4 rings (SSSR count). The summed E-state index contributed by atoms with van der Waals surface area (Å²) >= 11 is 6.33. The van der Waals surface area contributed by atoms with Gasteiger partial charge in [-0.1, -0.05) is 41.9 Å². The number of nitrogens with two attached hydrogens (primary N) is 1. The Balaban J connectivity index is 1.83. The summed E-state index contributed by atoms with van der Waals surface area (Å²) in [5, 5.41) is 4.47. The van der Waals surface area contributed by atoms with E-state index in [9.17, 15) is 9.59 Å². The van der Waals surface area contributed by atoms with Crippen LogP contribution in [0.3, 0.4) is 0 Å². The molecule has 1 unspecified atom stereocenters. The third-order valence-corrected chi connectivity index (χ3v) is 5.19. The fourth-order valence-electron chi connectivity index (χ4n) is 3.40. The molecule has 0 aliphatic heterocycles. The molecule has 0 fully saturated rings. The lowest BCUT2D eigenvalue weighted by Crippen LogP contribution is -2.32. The van der Waals surface area contributed by atoms with E-state index in [0.29, 0.717) is 38.6 Å². The van der Waals surface area contributed by atoms with E-state index in [4.69, 9.17) is 17.3 Å². The van der Waals surface area contributed by atoms with E-state index in [-0.39, 0.29) is 11.5 Å². The first-order valence-electron chi connectivity index (χ1n) is 9.37. The second-order valence-electron chi connectivity index (χ2n) is 6.92. The van der Waals surface area contributed by atoms with E-state index in [1.807, 2.05) is 49.4 Å². The van der Waals surface area contributed by atoms with Crippen LogP contribution in [0.2, 0.25) is 5.02 Å². The van der Waals surface area contributed by atoms with Crippen LogP contribution in [0.25, 0.3) is 16.5 Å². The molecule has 30 heavy (non-hydrogen) atoms. The number of hydrogen-bond donors (Lipinski definition) is 2. The molecule has 0 bridgehead atoms. The van der Waals surface area contributed by atoms with Crippen molar-refractivity contribution in [2.24, 2.45) is 0 Å². The molecule has 3 N–H and O–H groups in total. The first-order chi connectivity index (χ1) is 14.5. The lowest BCUT2D eigenvalue weighted by molar-refractivity contribution is 0.0938. The summed E-state index contributed by atoms with van der Waals surface area (Å²) in [7, 11) is 0. The van der Waals surface area contributed by atoms with Crippen LogP contribution in [0.4, 0.5) is 5.82 Å². The maximum atomic E-state index is 13.4. The minimum Gasteiger partial charge on any atom is -0.384 e. The summed E-state index contributed by atoms with van der Waals surface area (Å²) in [6.45, 7) is 1.83. The Morgan fingerprint density at radius 2 is 1.87 bits per heavy atom. The Labute approximate surface area is 177 Å². The summed E-state index contributed by atoms with van der Waals surface area (Å²) < 4.78 is 1.58. The predicted molar refractivity (Wildman–Crippen MR) is 119 cm³/mol. The maximum Gasteiger partial charge on any atom is 0.264 e. The smallest absolute Gasteiger partial charge is 0.264 e. The van der Waals surface area contributed by atoms with Gasteiger partial charge >= 0.3 is 0 Å². The zero-order chi connectivity index (χ0) is 21.3. The number of carbonyl (C=O) groups excluding carboxylic acids is 1. The molecule has 2 heterocycles. The Bertz CT molecular complexity index is 1280. The van der Waals surface area contributed by atoms with Gasteiger partial charge in [0.2, 0.25) is 0 Å². The van der Waals surface area contributed by atoms with Crippen molar-refractivity contribution in [3.8, 4) is 5.69 Å². The van der Waals surface area contributed by atoms with Gasteiger partial charge in [-0.25, -0.2) is 4.98 Å². The Hall–Kier alpha value is -3.64. The summed E-state index contributed by atoms with van der Waals surface area (Å²) in [5.41, 5.74) is 7.06. The van der Waals surface area contributed by atoms with Gasteiger partial charge < -0.3 is 11.1 Å². The van der Waals surface area contributed by atoms with Gasteiger partial charge in [-0.05, 0) is 48.7 Å². The van der Waals surface area contributed by atoms with Crippen molar-refractivity contribution < 1.29 is 4.79 Å². The number of hydrogen-bond acceptors (Lipinski definition) is 4. The van der Waals surface area contributed by atoms with Crippen LogP contribution in [-0.4, -0.2) is 15.5 Å². The molecule has 6 nitrogen and oxygen atoms in total. The Kier molecular flexibility index (Phi) is 5.25. The van der Waals surface area contributed by atoms with E-state index >= 15 is 0 Å². The highest BCUT2D eigenvalue weighted by Crippen LogP contribution is 2.25. The van der Waals surface area contributed by atoms with Crippen LogP contribution in [0, 0.1) is 0 Å². The molecule has 4 aromatic rings. The van der Waals surface area contributed by atoms with Gasteiger partial charge in [0.25, 0.3) is 11.5 Å². The molecule has 0 radical (unpaired) electrons. The van der Waals surface area contributed by atoms with E-state index < -0.39 is 6.04 Å². The number of nitrogens with one attached hydrogen (secondary N) is 1. The summed E-state index contributed by atoms with van der Waals surface area (Å²) in [4.78, 5) is 30.1. The molecule has 0 saturated heterocycles. The maximum absolute atomic E-state index is 13.4. The van der Waals surface area contributed by atoms with Crippen molar-refractivity contribution in [3.05, 3.63) is 99.6 Å². The number of halogens is 1. The number of fused-ring (bicyclic) bond motifs is 1. The quantitative estimate of drug-likeness (QED) is 0.521. The van der Waals surface area contributed by atoms with Crippen LogP contribution in [-0.2, 0) is 0 Å². The molecule has 2 aromatic carbocycles. The largest absolute Gasteiger partial charge is 0.384 e. The van der Waals surface area contributed by atoms with Crippen molar-refractivity contribution in [1.82, 2.24) is 14.9 Å². The second-order valence-corrected chi connectivity index (χ2v) is 7.32. The molecule has 7 heteroatoms.